The Kier molecular flexibility index (Phi) is 6.72. The molecule has 0 spiro atoms. The normalized spacial score (nSPS) is 10.2. The molecule has 2 aromatic rings. The van der Waals surface area contributed by atoms with E-state index in [9.17, 15) is 19.2 Å². The average Bonchev–Trinajstić information content (AvgIpc) is 2.59. The van der Waals surface area contributed by atoms with Gasteiger partial charge < -0.3 is 14.8 Å². The van der Waals surface area contributed by atoms with Crippen LogP contribution in [0.5, 0.6) is 5.75 Å². The Balaban J connectivity index is 1.65. The first-order valence-electron chi connectivity index (χ1n) is 7.85. The lowest BCUT2D eigenvalue weighted by molar-refractivity contribution is -0.149. The van der Waals surface area contributed by atoms with Crippen molar-refractivity contribution in [3.63, 3.8) is 0 Å². The number of esters is 1. The summed E-state index contributed by atoms with van der Waals surface area (Å²) in [5.41, 5.74) is -0.223. The second-order valence-electron chi connectivity index (χ2n) is 5.41. The number of ether oxygens (including phenoxy) is 2. The molecule has 0 unspecified atom stereocenters. The van der Waals surface area contributed by atoms with Gasteiger partial charge in [0, 0.05) is 12.3 Å². The lowest BCUT2D eigenvalue weighted by Gasteiger charge is -2.09. The predicted molar refractivity (Wildman–Crippen MR) is 92.0 cm³/mol. The Morgan fingerprint density at radius 3 is 2.77 bits per heavy atom. The first kappa shape index (κ1) is 19.0. The quantitative estimate of drug-likeness (QED) is 0.487. The highest BCUT2D eigenvalue weighted by Gasteiger charge is 2.09. The smallest absolute Gasteiger partial charge is 0.328 e. The number of carbonyl (C=O) groups is 2. The standard InChI is InChI=1S/C17H19N3O6/c1-12-3-2-4-13(9-12)25-8-6-18-15(22)11-26-16(23)10-20-7-5-14(21)19-17(20)24/h2-5,7,9H,6,8,10-11H2,1H3,(H,18,22)(H,19,21,24). The molecular formula is C17H19N3O6. The Morgan fingerprint density at radius 2 is 2.04 bits per heavy atom. The number of benzene rings is 1. The maximum Gasteiger partial charge on any atom is 0.328 e. The van der Waals surface area contributed by atoms with Crippen LogP contribution in [0.3, 0.4) is 0 Å². The number of aromatic nitrogens is 2. The van der Waals surface area contributed by atoms with E-state index in [1.165, 1.54) is 6.20 Å². The fraction of sp³-hybridized carbons (Fsp3) is 0.294. The predicted octanol–water partition coefficient (Wildman–Crippen LogP) is -0.417. The maximum absolute atomic E-state index is 11.6. The topological polar surface area (TPSA) is 119 Å². The van der Waals surface area contributed by atoms with Gasteiger partial charge in [-0.05, 0) is 24.6 Å². The summed E-state index contributed by atoms with van der Waals surface area (Å²) >= 11 is 0. The monoisotopic (exact) mass is 361 g/mol. The zero-order valence-electron chi connectivity index (χ0n) is 14.2. The molecule has 0 fully saturated rings. The summed E-state index contributed by atoms with van der Waals surface area (Å²) in [7, 11) is 0. The molecule has 0 atom stereocenters. The van der Waals surface area contributed by atoms with Gasteiger partial charge >= 0.3 is 11.7 Å². The van der Waals surface area contributed by atoms with Crippen molar-refractivity contribution < 1.29 is 19.1 Å². The molecule has 0 saturated carbocycles. The van der Waals surface area contributed by atoms with Crippen molar-refractivity contribution in [2.24, 2.45) is 0 Å². The van der Waals surface area contributed by atoms with Gasteiger partial charge in [-0.3, -0.25) is 23.9 Å². The van der Waals surface area contributed by atoms with Gasteiger partial charge in [-0.25, -0.2) is 4.79 Å². The highest BCUT2D eigenvalue weighted by atomic mass is 16.5. The second kappa shape index (κ2) is 9.21. The van der Waals surface area contributed by atoms with Gasteiger partial charge in [0.15, 0.2) is 6.61 Å². The van der Waals surface area contributed by atoms with Crippen molar-refractivity contribution in [1.82, 2.24) is 14.9 Å². The third kappa shape index (κ3) is 6.27. The fourth-order valence-electron chi connectivity index (χ4n) is 2.01. The number of nitrogens with zero attached hydrogens (tertiary/aromatic N) is 1. The van der Waals surface area contributed by atoms with Crippen LogP contribution in [0, 0.1) is 6.92 Å². The number of hydrogen-bond donors (Lipinski definition) is 2. The van der Waals surface area contributed by atoms with E-state index in [1.54, 1.807) is 0 Å². The van der Waals surface area contributed by atoms with E-state index in [-0.39, 0.29) is 13.2 Å². The maximum atomic E-state index is 11.6. The number of rotatable bonds is 8. The Morgan fingerprint density at radius 1 is 1.23 bits per heavy atom. The zero-order chi connectivity index (χ0) is 18.9. The van der Waals surface area contributed by atoms with Crippen LogP contribution in [0.1, 0.15) is 5.56 Å². The molecular weight excluding hydrogens is 342 g/mol. The summed E-state index contributed by atoms with van der Waals surface area (Å²) in [6.45, 7) is 1.60. The molecule has 26 heavy (non-hydrogen) atoms. The lowest BCUT2D eigenvalue weighted by Crippen LogP contribution is -2.34. The second-order valence-corrected chi connectivity index (χ2v) is 5.41. The molecule has 2 rings (SSSR count). The van der Waals surface area contributed by atoms with Crippen molar-refractivity contribution in [2.45, 2.75) is 13.5 Å². The average molecular weight is 361 g/mol. The van der Waals surface area contributed by atoms with E-state index in [0.717, 1.165) is 16.2 Å². The number of aromatic amines is 1. The number of carbonyl (C=O) groups excluding carboxylic acids is 2. The number of H-pyrrole nitrogens is 1. The third-order valence-corrected chi connectivity index (χ3v) is 3.24. The van der Waals surface area contributed by atoms with Crippen LogP contribution in [-0.4, -0.2) is 41.2 Å². The van der Waals surface area contributed by atoms with Crippen LogP contribution < -0.4 is 21.3 Å². The number of nitrogens with one attached hydrogen (secondary N) is 2. The Labute approximate surface area is 148 Å². The van der Waals surface area contributed by atoms with Crippen LogP contribution >= 0.6 is 0 Å². The largest absolute Gasteiger partial charge is 0.492 e. The molecule has 2 N–H and O–H groups in total. The SMILES string of the molecule is Cc1cccc(OCCNC(=O)COC(=O)Cn2ccc(=O)[nH]c2=O)c1. The van der Waals surface area contributed by atoms with Crippen LogP contribution in [0.2, 0.25) is 0 Å². The molecule has 1 aromatic heterocycles. The van der Waals surface area contributed by atoms with E-state index in [2.05, 4.69) is 5.32 Å². The van der Waals surface area contributed by atoms with Crippen LogP contribution in [-0.2, 0) is 20.9 Å². The molecule has 0 aliphatic rings. The summed E-state index contributed by atoms with van der Waals surface area (Å²) < 4.78 is 11.2. The number of aryl methyl sites for hydroxylation is 1. The van der Waals surface area contributed by atoms with Gasteiger partial charge in [-0.15, -0.1) is 0 Å². The van der Waals surface area contributed by atoms with Crippen LogP contribution in [0.25, 0.3) is 0 Å². The highest BCUT2D eigenvalue weighted by Crippen LogP contribution is 2.11. The van der Waals surface area contributed by atoms with Gasteiger partial charge in [0.05, 0.1) is 6.54 Å². The van der Waals surface area contributed by atoms with Crippen LogP contribution in [0.15, 0.2) is 46.1 Å². The molecule has 9 nitrogen and oxygen atoms in total. The molecule has 0 aliphatic carbocycles. The van der Waals surface area contributed by atoms with Crippen molar-refractivity contribution in [2.75, 3.05) is 19.8 Å². The van der Waals surface area contributed by atoms with Gasteiger partial charge in [-0.2, -0.15) is 0 Å². The molecule has 9 heteroatoms. The molecule has 138 valence electrons. The third-order valence-electron chi connectivity index (χ3n) is 3.24. The van der Waals surface area contributed by atoms with E-state index >= 15 is 0 Å². The van der Waals surface area contributed by atoms with Crippen molar-refractivity contribution in [1.29, 1.82) is 0 Å². The van der Waals surface area contributed by atoms with Gasteiger partial charge in [-0.1, -0.05) is 12.1 Å². The summed E-state index contributed by atoms with van der Waals surface area (Å²) in [5.74, 6) is -0.553. The first-order chi connectivity index (χ1) is 12.4. The van der Waals surface area contributed by atoms with E-state index in [4.69, 9.17) is 9.47 Å². The van der Waals surface area contributed by atoms with Crippen molar-refractivity contribution >= 4 is 11.9 Å². The molecule has 1 amide bonds. The minimum Gasteiger partial charge on any atom is -0.492 e. The van der Waals surface area contributed by atoms with Gasteiger partial charge in [0.25, 0.3) is 11.5 Å². The summed E-state index contributed by atoms with van der Waals surface area (Å²) in [6, 6.07) is 8.62. The van der Waals surface area contributed by atoms with Crippen molar-refractivity contribution in [3.8, 4) is 5.75 Å². The minimum atomic E-state index is -0.773. The van der Waals surface area contributed by atoms with E-state index in [0.29, 0.717) is 5.75 Å². The summed E-state index contributed by atoms with van der Waals surface area (Å²) in [5, 5.41) is 2.55. The fourth-order valence-corrected chi connectivity index (χ4v) is 2.01. The Bertz CT molecular complexity index is 886. The molecule has 1 heterocycles. The lowest BCUT2D eigenvalue weighted by atomic mass is 10.2. The molecule has 0 radical (unpaired) electrons. The molecule has 1 aromatic carbocycles. The molecule has 0 saturated heterocycles. The molecule has 0 aliphatic heterocycles. The number of amides is 1. The van der Waals surface area contributed by atoms with E-state index < -0.39 is 36.3 Å². The van der Waals surface area contributed by atoms with Gasteiger partial charge in [0.2, 0.25) is 0 Å². The highest BCUT2D eigenvalue weighted by molar-refractivity contribution is 5.80. The summed E-state index contributed by atoms with van der Waals surface area (Å²) in [6.07, 6.45) is 1.17. The first-order valence-corrected chi connectivity index (χ1v) is 7.85. The minimum absolute atomic E-state index is 0.254. The molecule has 0 bridgehead atoms. The van der Waals surface area contributed by atoms with Crippen LogP contribution in [0.4, 0.5) is 0 Å². The zero-order valence-corrected chi connectivity index (χ0v) is 14.2. The number of hydrogen-bond acceptors (Lipinski definition) is 6. The van der Waals surface area contributed by atoms with Gasteiger partial charge in [0.1, 0.15) is 18.9 Å². The van der Waals surface area contributed by atoms with E-state index in [1.807, 2.05) is 36.2 Å². The van der Waals surface area contributed by atoms with Crippen molar-refractivity contribution in [3.05, 3.63) is 62.9 Å². The summed E-state index contributed by atoms with van der Waals surface area (Å²) in [4.78, 5) is 47.6. The Hall–Kier alpha value is -3.36.